The topological polar surface area (TPSA) is 58.4 Å². The van der Waals surface area contributed by atoms with E-state index in [0.29, 0.717) is 23.1 Å². The van der Waals surface area contributed by atoms with Gasteiger partial charge in [0, 0.05) is 24.2 Å². The highest BCUT2D eigenvalue weighted by Crippen LogP contribution is 2.37. The van der Waals surface area contributed by atoms with Crippen molar-refractivity contribution in [2.45, 2.75) is 39.7 Å². The summed E-state index contributed by atoms with van der Waals surface area (Å²) in [5.41, 5.74) is 3.39. The second kappa shape index (κ2) is 6.54. The number of likely N-dealkylation sites (tertiary alicyclic amines) is 1. The monoisotopic (exact) mass is 293 g/mol. The van der Waals surface area contributed by atoms with Crippen molar-refractivity contribution in [2.75, 3.05) is 13.1 Å². The van der Waals surface area contributed by atoms with Gasteiger partial charge in [-0.1, -0.05) is 13.8 Å². The third-order valence-electron chi connectivity index (χ3n) is 4.85. The van der Waals surface area contributed by atoms with Gasteiger partial charge in [-0.05, 0) is 49.4 Å². The van der Waals surface area contributed by atoms with Crippen molar-refractivity contribution in [3.63, 3.8) is 0 Å². The van der Waals surface area contributed by atoms with Gasteiger partial charge in [0.15, 0.2) is 0 Å². The van der Waals surface area contributed by atoms with Crippen LogP contribution in [0.2, 0.25) is 0 Å². The van der Waals surface area contributed by atoms with Crippen LogP contribution in [-0.4, -0.2) is 23.9 Å². The van der Waals surface area contributed by atoms with Crippen LogP contribution in [0.3, 0.4) is 0 Å². The molecule has 0 atom stereocenters. The molecule has 0 unspecified atom stereocenters. The number of carbonyl (C=O) groups is 1. The fourth-order valence-corrected chi connectivity index (χ4v) is 3.15. The first-order chi connectivity index (χ1) is 10.0. The van der Waals surface area contributed by atoms with Gasteiger partial charge in [-0.2, -0.15) is 0 Å². The van der Waals surface area contributed by atoms with Crippen LogP contribution >= 0.6 is 0 Å². The molecule has 21 heavy (non-hydrogen) atoms. The van der Waals surface area contributed by atoms with E-state index in [0.717, 1.165) is 32.4 Å². The first-order valence-electron chi connectivity index (χ1n) is 7.55. The molecule has 3 N–H and O–H groups in total. The Morgan fingerprint density at radius 1 is 1.43 bits per heavy atom. The van der Waals surface area contributed by atoms with Crippen molar-refractivity contribution in [2.24, 2.45) is 11.3 Å². The Balaban J connectivity index is 2.11. The zero-order valence-electron chi connectivity index (χ0n) is 12.8. The minimum atomic E-state index is -0.394. The quantitative estimate of drug-likeness (QED) is 0.498. The highest BCUT2D eigenvalue weighted by molar-refractivity contribution is 5.93. The zero-order valence-corrected chi connectivity index (χ0v) is 12.8. The molecule has 1 heterocycles. The first kappa shape index (κ1) is 15.9. The fourth-order valence-electron chi connectivity index (χ4n) is 3.15. The Labute approximate surface area is 125 Å². The third-order valence-corrected chi connectivity index (χ3v) is 4.85. The molecule has 0 aliphatic carbocycles. The van der Waals surface area contributed by atoms with E-state index in [1.165, 1.54) is 12.1 Å². The number of halogens is 1. The summed E-state index contributed by atoms with van der Waals surface area (Å²) in [5, 5.41) is 0. The average molecular weight is 293 g/mol. The molecule has 1 aromatic rings. The van der Waals surface area contributed by atoms with Crippen molar-refractivity contribution in [3.05, 3.63) is 35.1 Å². The van der Waals surface area contributed by atoms with E-state index >= 15 is 0 Å². The van der Waals surface area contributed by atoms with E-state index in [1.807, 2.05) is 0 Å². The van der Waals surface area contributed by atoms with Crippen molar-refractivity contribution in [1.82, 2.24) is 10.3 Å². The molecule has 116 valence electrons. The van der Waals surface area contributed by atoms with E-state index in [9.17, 15) is 9.18 Å². The van der Waals surface area contributed by atoms with E-state index in [-0.39, 0.29) is 5.82 Å². The van der Waals surface area contributed by atoms with Gasteiger partial charge in [0.05, 0.1) is 0 Å². The van der Waals surface area contributed by atoms with Crippen LogP contribution in [0.25, 0.3) is 0 Å². The van der Waals surface area contributed by atoms with Crippen LogP contribution in [0, 0.1) is 11.2 Å². The number of hydrogen-bond donors (Lipinski definition) is 2. The van der Waals surface area contributed by atoms with E-state index in [1.54, 1.807) is 6.07 Å². The van der Waals surface area contributed by atoms with Crippen LogP contribution in [0.5, 0.6) is 0 Å². The van der Waals surface area contributed by atoms with Crippen molar-refractivity contribution in [1.29, 1.82) is 0 Å². The number of nitrogens with one attached hydrogen (secondary N) is 1. The number of hydrazine groups is 1. The van der Waals surface area contributed by atoms with Crippen LogP contribution < -0.4 is 11.3 Å². The van der Waals surface area contributed by atoms with Crippen LogP contribution in [0.1, 0.15) is 49.0 Å². The molecule has 0 spiro atoms. The summed E-state index contributed by atoms with van der Waals surface area (Å²) in [6.07, 6.45) is 3.46. The number of nitrogens with zero attached hydrogens (tertiary/aromatic N) is 1. The lowest BCUT2D eigenvalue weighted by Gasteiger charge is -2.26. The number of nitrogen functional groups attached to an aromatic ring is 1. The van der Waals surface area contributed by atoms with Gasteiger partial charge in [0.1, 0.15) is 5.82 Å². The van der Waals surface area contributed by atoms with Crippen LogP contribution in [0.15, 0.2) is 18.2 Å². The predicted molar refractivity (Wildman–Crippen MR) is 81.0 cm³/mol. The zero-order chi connectivity index (χ0) is 15.5. The summed E-state index contributed by atoms with van der Waals surface area (Å²) < 4.78 is 14.0. The molecule has 0 radical (unpaired) electrons. The van der Waals surface area contributed by atoms with Gasteiger partial charge in [-0.15, -0.1) is 0 Å². The van der Waals surface area contributed by atoms with E-state index < -0.39 is 5.91 Å². The largest absolute Gasteiger partial charge is 0.298 e. The Kier molecular flexibility index (Phi) is 4.96. The van der Waals surface area contributed by atoms with Crippen LogP contribution in [0.4, 0.5) is 4.39 Å². The molecular weight excluding hydrogens is 269 g/mol. The summed E-state index contributed by atoms with van der Waals surface area (Å²) in [5.74, 6) is 4.46. The van der Waals surface area contributed by atoms with Gasteiger partial charge < -0.3 is 0 Å². The second-order valence-electron chi connectivity index (χ2n) is 5.95. The number of amides is 1. The summed E-state index contributed by atoms with van der Waals surface area (Å²) in [6.45, 7) is 6.96. The number of hydrogen-bond acceptors (Lipinski definition) is 3. The number of benzene rings is 1. The third kappa shape index (κ3) is 3.41. The summed E-state index contributed by atoms with van der Waals surface area (Å²) in [4.78, 5) is 13.8. The molecule has 1 aliphatic heterocycles. The van der Waals surface area contributed by atoms with E-state index in [4.69, 9.17) is 5.84 Å². The van der Waals surface area contributed by atoms with Gasteiger partial charge in [-0.25, -0.2) is 10.2 Å². The molecule has 4 nitrogen and oxygen atoms in total. The molecule has 1 aliphatic rings. The normalized spacial score (nSPS) is 17.9. The smallest absolute Gasteiger partial charge is 0.265 e. The maximum Gasteiger partial charge on any atom is 0.265 e. The molecule has 0 saturated carbocycles. The predicted octanol–water partition coefficient (Wildman–Crippen LogP) is 2.44. The van der Waals surface area contributed by atoms with Crippen molar-refractivity contribution in [3.8, 4) is 0 Å². The minimum Gasteiger partial charge on any atom is -0.298 e. The highest BCUT2D eigenvalue weighted by atomic mass is 19.1. The molecule has 2 rings (SSSR count). The summed E-state index contributed by atoms with van der Waals surface area (Å²) in [6, 6.07) is 4.38. The maximum absolute atomic E-state index is 14.0. The maximum atomic E-state index is 14.0. The fraction of sp³-hybridized carbons (Fsp3) is 0.562. The van der Waals surface area contributed by atoms with E-state index in [2.05, 4.69) is 24.2 Å². The lowest BCUT2D eigenvalue weighted by molar-refractivity contribution is 0.0953. The van der Waals surface area contributed by atoms with Crippen molar-refractivity contribution < 1.29 is 9.18 Å². The SMILES string of the molecule is CCC1(CC)CCN(Cc2cc(C(=O)NN)ccc2F)C1. The van der Waals surface area contributed by atoms with Gasteiger partial charge >= 0.3 is 0 Å². The molecule has 1 aromatic carbocycles. The Hall–Kier alpha value is -1.46. The second-order valence-corrected chi connectivity index (χ2v) is 5.95. The van der Waals surface area contributed by atoms with Gasteiger partial charge in [0.2, 0.25) is 0 Å². The summed E-state index contributed by atoms with van der Waals surface area (Å²) >= 11 is 0. The molecule has 1 amide bonds. The molecule has 1 fully saturated rings. The average Bonchev–Trinajstić information content (AvgIpc) is 2.92. The molecular formula is C16H24FN3O. The minimum absolute atomic E-state index is 0.269. The Morgan fingerprint density at radius 3 is 2.71 bits per heavy atom. The number of nitrogens with two attached hydrogens (primary N) is 1. The number of rotatable bonds is 5. The highest BCUT2D eigenvalue weighted by Gasteiger charge is 2.34. The standard InChI is InChI=1S/C16H24FN3O/c1-3-16(4-2)7-8-20(11-16)10-13-9-12(15(21)19-18)5-6-14(13)17/h5-6,9H,3-4,7-8,10-11,18H2,1-2H3,(H,19,21). The molecule has 1 saturated heterocycles. The molecule has 0 bridgehead atoms. The lowest BCUT2D eigenvalue weighted by Crippen LogP contribution is -2.30. The Bertz CT molecular complexity index is 514. The number of carbonyl (C=O) groups excluding carboxylic acids is 1. The Morgan fingerprint density at radius 2 is 2.14 bits per heavy atom. The van der Waals surface area contributed by atoms with Gasteiger partial charge in [0.25, 0.3) is 5.91 Å². The molecule has 5 heteroatoms. The van der Waals surface area contributed by atoms with Crippen molar-refractivity contribution >= 4 is 5.91 Å². The summed E-state index contributed by atoms with van der Waals surface area (Å²) in [7, 11) is 0. The first-order valence-corrected chi connectivity index (χ1v) is 7.55. The van der Waals surface area contributed by atoms with Gasteiger partial charge in [-0.3, -0.25) is 15.1 Å². The lowest BCUT2D eigenvalue weighted by atomic mass is 9.82. The molecule has 0 aromatic heterocycles. The van der Waals surface area contributed by atoms with Crippen LogP contribution in [-0.2, 0) is 6.54 Å².